The van der Waals surface area contributed by atoms with Gasteiger partial charge in [-0.05, 0) is 30.2 Å². The predicted molar refractivity (Wildman–Crippen MR) is 68.5 cm³/mol. The van der Waals surface area contributed by atoms with Gasteiger partial charge in [-0.2, -0.15) is 0 Å². The molecule has 2 nitrogen and oxygen atoms in total. The zero-order valence-corrected chi connectivity index (χ0v) is 10.1. The Morgan fingerprint density at radius 1 is 1.41 bits per heavy atom. The normalized spacial score (nSPS) is 24.3. The predicted octanol–water partition coefficient (Wildman–Crippen LogP) is 2.78. The van der Waals surface area contributed by atoms with Crippen LogP contribution in [0.1, 0.15) is 18.4 Å². The number of aliphatic hydroxyl groups excluding tert-OH is 1. The third-order valence-corrected chi connectivity index (χ3v) is 3.32. The van der Waals surface area contributed by atoms with Crippen molar-refractivity contribution in [3.8, 4) is 0 Å². The molecule has 1 aromatic rings. The first-order valence-electron chi connectivity index (χ1n) is 6.22. The number of ether oxygens (including phenoxy) is 1. The number of rotatable bonds is 7. The summed E-state index contributed by atoms with van der Waals surface area (Å²) < 4.78 is 5.67. The van der Waals surface area contributed by atoms with Gasteiger partial charge in [0.15, 0.2) is 0 Å². The molecule has 0 aromatic heterocycles. The molecule has 3 atom stereocenters. The molecule has 2 heteroatoms. The maximum atomic E-state index is 9.75. The van der Waals surface area contributed by atoms with Crippen molar-refractivity contribution in [2.45, 2.75) is 25.6 Å². The van der Waals surface area contributed by atoms with E-state index in [0.717, 1.165) is 13.0 Å². The SMILES string of the molecule is C=CC[C@H](O)[C@H]1C[C@@H]1COCc1ccccc1. The lowest BCUT2D eigenvalue weighted by Crippen LogP contribution is -2.11. The molecule has 1 fully saturated rings. The van der Waals surface area contributed by atoms with Crippen molar-refractivity contribution in [2.75, 3.05) is 6.61 Å². The van der Waals surface area contributed by atoms with E-state index in [9.17, 15) is 5.11 Å². The second-order valence-electron chi connectivity index (χ2n) is 4.75. The summed E-state index contributed by atoms with van der Waals surface area (Å²) in [5.41, 5.74) is 1.20. The number of aliphatic hydroxyl groups is 1. The fourth-order valence-electron chi connectivity index (χ4n) is 2.18. The summed E-state index contributed by atoms with van der Waals surface area (Å²) in [6.45, 7) is 5.07. The molecule has 1 aliphatic rings. The highest BCUT2D eigenvalue weighted by molar-refractivity contribution is 5.13. The molecule has 0 amide bonds. The molecule has 92 valence electrons. The van der Waals surface area contributed by atoms with Crippen LogP contribution in [-0.4, -0.2) is 17.8 Å². The van der Waals surface area contributed by atoms with Crippen LogP contribution in [0.25, 0.3) is 0 Å². The zero-order chi connectivity index (χ0) is 12.1. The maximum absolute atomic E-state index is 9.75. The van der Waals surface area contributed by atoms with E-state index in [1.54, 1.807) is 6.08 Å². The van der Waals surface area contributed by atoms with Gasteiger partial charge in [0.25, 0.3) is 0 Å². The molecule has 0 saturated heterocycles. The Bertz CT molecular complexity index is 347. The lowest BCUT2D eigenvalue weighted by molar-refractivity contribution is 0.0909. The minimum Gasteiger partial charge on any atom is -0.393 e. The minimum absolute atomic E-state index is 0.224. The van der Waals surface area contributed by atoms with Crippen molar-refractivity contribution in [2.24, 2.45) is 11.8 Å². The first-order valence-corrected chi connectivity index (χ1v) is 6.22. The molecule has 0 aliphatic heterocycles. The lowest BCUT2D eigenvalue weighted by atomic mass is 10.1. The van der Waals surface area contributed by atoms with Crippen LogP contribution < -0.4 is 0 Å². The van der Waals surface area contributed by atoms with Crippen molar-refractivity contribution >= 4 is 0 Å². The molecule has 0 heterocycles. The van der Waals surface area contributed by atoms with Gasteiger partial charge in [-0.1, -0.05) is 36.4 Å². The summed E-state index contributed by atoms with van der Waals surface area (Å²) in [5.74, 6) is 0.956. The van der Waals surface area contributed by atoms with Gasteiger partial charge in [-0.3, -0.25) is 0 Å². The summed E-state index contributed by atoms with van der Waals surface area (Å²) in [4.78, 5) is 0. The summed E-state index contributed by atoms with van der Waals surface area (Å²) in [5, 5.41) is 9.75. The van der Waals surface area contributed by atoms with Crippen LogP contribution >= 0.6 is 0 Å². The topological polar surface area (TPSA) is 29.5 Å². The van der Waals surface area contributed by atoms with Crippen LogP contribution in [0, 0.1) is 11.8 Å². The van der Waals surface area contributed by atoms with E-state index >= 15 is 0 Å². The average molecular weight is 232 g/mol. The Morgan fingerprint density at radius 3 is 2.88 bits per heavy atom. The van der Waals surface area contributed by atoms with Crippen LogP contribution in [0.5, 0.6) is 0 Å². The highest BCUT2D eigenvalue weighted by Crippen LogP contribution is 2.42. The van der Waals surface area contributed by atoms with Gasteiger partial charge >= 0.3 is 0 Å². The first-order chi connectivity index (χ1) is 8.31. The van der Waals surface area contributed by atoms with Gasteiger partial charge < -0.3 is 9.84 Å². The molecule has 0 radical (unpaired) electrons. The van der Waals surface area contributed by atoms with Crippen LogP contribution in [0.2, 0.25) is 0 Å². The van der Waals surface area contributed by atoms with Crippen molar-refractivity contribution in [3.05, 3.63) is 48.6 Å². The van der Waals surface area contributed by atoms with Gasteiger partial charge in [0.1, 0.15) is 0 Å². The molecule has 1 aromatic carbocycles. The van der Waals surface area contributed by atoms with Crippen LogP contribution in [0.15, 0.2) is 43.0 Å². The molecular formula is C15H20O2. The van der Waals surface area contributed by atoms with Gasteiger partial charge in [0.2, 0.25) is 0 Å². The number of benzene rings is 1. The second-order valence-corrected chi connectivity index (χ2v) is 4.75. The van der Waals surface area contributed by atoms with Gasteiger partial charge in [0.05, 0.1) is 19.3 Å². The summed E-state index contributed by atoms with van der Waals surface area (Å²) in [6, 6.07) is 10.2. The van der Waals surface area contributed by atoms with Gasteiger partial charge in [0, 0.05) is 0 Å². The molecule has 1 aliphatic carbocycles. The molecule has 1 saturated carbocycles. The Morgan fingerprint density at radius 2 is 2.18 bits per heavy atom. The average Bonchev–Trinajstić information content (AvgIpc) is 3.10. The molecule has 17 heavy (non-hydrogen) atoms. The van der Waals surface area contributed by atoms with Crippen molar-refractivity contribution in [1.82, 2.24) is 0 Å². The minimum atomic E-state index is -0.224. The van der Waals surface area contributed by atoms with Crippen molar-refractivity contribution in [1.29, 1.82) is 0 Å². The molecule has 0 unspecified atom stereocenters. The molecule has 0 bridgehead atoms. The fourth-order valence-corrected chi connectivity index (χ4v) is 2.18. The number of hydrogen-bond donors (Lipinski definition) is 1. The highest BCUT2D eigenvalue weighted by atomic mass is 16.5. The largest absolute Gasteiger partial charge is 0.393 e. The maximum Gasteiger partial charge on any atom is 0.0717 e. The van der Waals surface area contributed by atoms with E-state index < -0.39 is 0 Å². The quantitative estimate of drug-likeness (QED) is 0.732. The summed E-state index contributed by atoms with van der Waals surface area (Å²) >= 11 is 0. The monoisotopic (exact) mass is 232 g/mol. The van der Waals surface area contributed by atoms with Crippen LogP contribution in [0.3, 0.4) is 0 Å². The van der Waals surface area contributed by atoms with E-state index in [1.165, 1.54) is 5.56 Å². The molecule has 2 rings (SSSR count). The highest BCUT2D eigenvalue weighted by Gasteiger charge is 2.41. The van der Waals surface area contributed by atoms with Gasteiger partial charge in [-0.15, -0.1) is 6.58 Å². The zero-order valence-electron chi connectivity index (χ0n) is 10.1. The third-order valence-electron chi connectivity index (χ3n) is 3.32. The van der Waals surface area contributed by atoms with Crippen LogP contribution in [0.4, 0.5) is 0 Å². The lowest BCUT2D eigenvalue weighted by Gasteiger charge is -2.07. The Hall–Kier alpha value is -1.12. The third kappa shape index (κ3) is 3.69. The van der Waals surface area contributed by atoms with E-state index in [2.05, 4.69) is 18.7 Å². The van der Waals surface area contributed by atoms with E-state index in [0.29, 0.717) is 24.9 Å². The summed E-state index contributed by atoms with van der Waals surface area (Å²) in [6.07, 6.45) is 3.34. The van der Waals surface area contributed by atoms with Crippen LogP contribution in [-0.2, 0) is 11.3 Å². The van der Waals surface area contributed by atoms with E-state index in [1.807, 2.05) is 18.2 Å². The van der Waals surface area contributed by atoms with E-state index in [4.69, 9.17) is 4.74 Å². The molecular weight excluding hydrogens is 212 g/mol. The Labute approximate surface area is 103 Å². The van der Waals surface area contributed by atoms with Crippen molar-refractivity contribution < 1.29 is 9.84 Å². The molecule has 0 spiro atoms. The first kappa shape index (κ1) is 12.3. The standard InChI is InChI=1S/C15H20O2/c1-2-6-15(16)14-9-13(14)11-17-10-12-7-4-3-5-8-12/h2-5,7-8,13-16H,1,6,9-11H2/t13-,14+,15+/m1/s1. The Balaban J connectivity index is 1.63. The molecule has 1 N–H and O–H groups in total. The number of hydrogen-bond acceptors (Lipinski definition) is 2. The smallest absolute Gasteiger partial charge is 0.0717 e. The van der Waals surface area contributed by atoms with E-state index in [-0.39, 0.29) is 6.10 Å². The second kappa shape index (κ2) is 5.99. The Kier molecular flexibility index (Phi) is 4.35. The van der Waals surface area contributed by atoms with Gasteiger partial charge in [-0.25, -0.2) is 0 Å². The summed E-state index contributed by atoms with van der Waals surface area (Å²) in [7, 11) is 0. The fraction of sp³-hybridized carbons (Fsp3) is 0.467. The van der Waals surface area contributed by atoms with Crippen molar-refractivity contribution in [3.63, 3.8) is 0 Å².